The zero-order valence-corrected chi connectivity index (χ0v) is 15.0. The lowest BCUT2D eigenvalue weighted by atomic mass is 10.0. The van der Waals surface area contributed by atoms with Crippen LogP contribution in [0.3, 0.4) is 0 Å². The van der Waals surface area contributed by atoms with Crippen LogP contribution in [-0.4, -0.2) is 31.2 Å². The minimum Gasteiger partial charge on any atom is -0.462 e. The molecule has 1 aromatic carbocycles. The summed E-state index contributed by atoms with van der Waals surface area (Å²) in [5, 5.41) is 9.54. The van der Waals surface area contributed by atoms with Crippen molar-refractivity contribution in [2.45, 2.75) is 26.7 Å². The minimum atomic E-state index is -0.409. The molecule has 0 aliphatic carbocycles. The van der Waals surface area contributed by atoms with Crippen LogP contribution in [0, 0.1) is 11.3 Å². The highest BCUT2D eigenvalue weighted by Gasteiger charge is 2.16. The van der Waals surface area contributed by atoms with Gasteiger partial charge in [0.25, 0.3) is 0 Å². The first-order chi connectivity index (χ1) is 12.1. The summed E-state index contributed by atoms with van der Waals surface area (Å²) in [4.78, 5) is 18.6. The van der Waals surface area contributed by atoms with Crippen LogP contribution in [-0.2, 0) is 4.74 Å². The highest BCUT2D eigenvalue weighted by Crippen LogP contribution is 2.28. The molecule has 5 nitrogen and oxygen atoms in total. The number of nitriles is 1. The van der Waals surface area contributed by atoms with E-state index in [4.69, 9.17) is 4.74 Å². The molecule has 1 heterocycles. The van der Waals surface area contributed by atoms with Gasteiger partial charge in [0.15, 0.2) is 0 Å². The number of benzene rings is 1. The van der Waals surface area contributed by atoms with Crippen molar-refractivity contribution in [2.24, 2.45) is 0 Å². The molecule has 0 saturated heterocycles. The normalized spacial score (nSPS) is 10.2. The Hall–Kier alpha value is -2.87. The SMILES string of the molecule is CCCCN(C)c1ccc(-c2ncccc2C(=O)OCC)cc1C#N. The van der Waals surface area contributed by atoms with Crippen LogP contribution in [0.25, 0.3) is 11.3 Å². The highest BCUT2D eigenvalue weighted by molar-refractivity contribution is 5.96. The predicted octanol–water partition coefficient (Wildman–Crippen LogP) is 4.03. The molecular weight excluding hydrogens is 314 g/mol. The van der Waals surface area contributed by atoms with E-state index in [0.717, 1.165) is 30.6 Å². The van der Waals surface area contributed by atoms with Gasteiger partial charge in [0, 0.05) is 25.4 Å². The first kappa shape index (κ1) is 18.5. The van der Waals surface area contributed by atoms with Crippen molar-refractivity contribution in [3.8, 4) is 17.3 Å². The monoisotopic (exact) mass is 337 g/mol. The van der Waals surface area contributed by atoms with Crippen LogP contribution in [0.5, 0.6) is 0 Å². The Labute approximate surface area is 148 Å². The summed E-state index contributed by atoms with van der Waals surface area (Å²) in [5.41, 5.74) is 3.11. The molecule has 0 radical (unpaired) electrons. The van der Waals surface area contributed by atoms with E-state index in [1.807, 2.05) is 19.2 Å². The summed E-state index contributed by atoms with van der Waals surface area (Å²) in [7, 11) is 1.98. The molecule has 0 fully saturated rings. The van der Waals surface area contributed by atoms with E-state index < -0.39 is 5.97 Å². The molecule has 5 heteroatoms. The molecule has 0 aliphatic rings. The molecule has 0 N–H and O–H groups in total. The molecule has 130 valence electrons. The fourth-order valence-electron chi connectivity index (χ4n) is 2.63. The number of hydrogen-bond acceptors (Lipinski definition) is 5. The highest BCUT2D eigenvalue weighted by atomic mass is 16.5. The molecular formula is C20H23N3O2. The number of anilines is 1. The Morgan fingerprint density at radius 1 is 1.32 bits per heavy atom. The standard InChI is InChI=1S/C20H23N3O2/c1-4-6-12-23(3)18-10-9-15(13-16(18)14-21)19-17(8-7-11-22-19)20(24)25-5-2/h7-11,13H,4-6,12H2,1-3H3. The van der Waals surface area contributed by atoms with Gasteiger partial charge in [-0.15, -0.1) is 0 Å². The Morgan fingerprint density at radius 2 is 2.12 bits per heavy atom. The number of esters is 1. The summed E-state index contributed by atoms with van der Waals surface area (Å²) >= 11 is 0. The molecule has 25 heavy (non-hydrogen) atoms. The van der Waals surface area contributed by atoms with Crippen molar-refractivity contribution >= 4 is 11.7 Å². The number of nitrogens with zero attached hydrogens (tertiary/aromatic N) is 3. The smallest absolute Gasteiger partial charge is 0.340 e. The minimum absolute atomic E-state index is 0.303. The van der Waals surface area contributed by atoms with Gasteiger partial charge in [-0.3, -0.25) is 4.98 Å². The quantitative estimate of drug-likeness (QED) is 0.714. The molecule has 0 aliphatic heterocycles. The van der Waals surface area contributed by atoms with Crippen molar-refractivity contribution in [1.82, 2.24) is 4.98 Å². The maximum absolute atomic E-state index is 12.2. The third-order valence-corrected chi connectivity index (χ3v) is 3.95. The maximum Gasteiger partial charge on any atom is 0.340 e. The third-order valence-electron chi connectivity index (χ3n) is 3.95. The van der Waals surface area contributed by atoms with Gasteiger partial charge in [0.05, 0.1) is 29.1 Å². The number of pyridine rings is 1. The zero-order chi connectivity index (χ0) is 18.2. The number of aromatic nitrogens is 1. The van der Waals surface area contributed by atoms with Gasteiger partial charge in [-0.1, -0.05) is 19.4 Å². The Kier molecular flexibility index (Phi) is 6.53. The molecule has 0 spiro atoms. The second-order valence-electron chi connectivity index (χ2n) is 5.74. The van der Waals surface area contributed by atoms with Gasteiger partial charge >= 0.3 is 5.97 Å². The Bertz CT molecular complexity index is 781. The van der Waals surface area contributed by atoms with Crippen LogP contribution in [0.2, 0.25) is 0 Å². The Morgan fingerprint density at radius 3 is 2.80 bits per heavy atom. The van der Waals surface area contributed by atoms with Crippen LogP contribution in [0.1, 0.15) is 42.6 Å². The fraction of sp³-hybridized carbons (Fsp3) is 0.350. The van der Waals surface area contributed by atoms with E-state index in [0.29, 0.717) is 23.4 Å². The van der Waals surface area contributed by atoms with E-state index in [-0.39, 0.29) is 0 Å². The number of hydrogen-bond donors (Lipinski definition) is 0. The average molecular weight is 337 g/mol. The molecule has 1 aromatic heterocycles. The summed E-state index contributed by atoms with van der Waals surface area (Å²) in [5.74, 6) is -0.409. The van der Waals surface area contributed by atoms with Crippen molar-refractivity contribution in [3.05, 3.63) is 47.7 Å². The van der Waals surface area contributed by atoms with Crippen molar-refractivity contribution in [2.75, 3.05) is 25.1 Å². The first-order valence-electron chi connectivity index (χ1n) is 8.50. The van der Waals surface area contributed by atoms with Crippen LogP contribution in [0.15, 0.2) is 36.5 Å². The molecule has 0 bridgehead atoms. The van der Waals surface area contributed by atoms with Gasteiger partial charge in [-0.05, 0) is 37.6 Å². The van der Waals surface area contributed by atoms with Crippen LogP contribution < -0.4 is 4.90 Å². The lowest BCUT2D eigenvalue weighted by Gasteiger charge is -2.20. The van der Waals surface area contributed by atoms with Crippen molar-refractivity contribution in [3.63, 3.8) is 0 Å². The lowest BCUT2D eigenvalue weighted by Crippen LogP contribution is -2.19. The summed E-state index contributed by atoms with van der Waals surface area (Å²) in [6, 6.07) is 11.2. The van der Waals surface area contributed by atoms with Gasteiger partial charge in [-0.2, -0.15) is 5.26 Å². The van der Waals surface area contributed by atoms with Gasteiger partial charge in [-0.25, -0.2) is 4.79 Å². The number of rotatable bonds is 7. The lowest BCUT2D eigenvalue weighted by molar-refractivity contribution is 0.0527. The Balaban J connectivity index is 2.42. The van der Waals surface area contributed by atoms with Gasteiger partial charge in [0.1, 0.15) is 6.07 Å². The van der Waals surface area contributed by atoms with E-state index in [1.54, 1.807) is 31.3 Å². The number of unbranched alkanes of at least 4 members (excludes halogenated alkanes) is 1. The summed E-state index contributed by atoms with van der Waals surface area (Å²) in [6.07, 6.45) is 3.79. The maximum atomic E-state index is 12.2. The molecule has 2 aromatic rings. The van der Waals surface area contributed by atoms with Crippen molar-refractivity contribution in [1.29, 1.82) is 5.26 Å². The van der Waals surface area contributed by atoms with Gasteiger partial charge < -0.3 is 9.64 Å². The molecule has 0 amide bonds. The summed E-state index contributed by atoms with van der Waals surface area (Å²) in [6.45, 7) is 5.10. The number of carbonyl (C=O) groups is 1. The van der Waals surface area contributed by atoms with Crippen LogP contribution in [0.4, 0.5) is 5.69 Å². The molecule has 0 unspecified atom stereocenters. The van der Waals surface area contributed by atoms with E-state index in [9.17, 15) is 10.1 Å². The summed E-state index contributed by atoms with van der Waals surface area (Å²) < 4.78 is 5.10. The van der Waals surface area contributed by atoms with E-state index in [1.165, 1.54) is 0 Å². The molecule has 2 rings (SSSR count). The van der Waals surface area contributed by atoms with E-state index in [2.05, 4.69) is 22.9 Å². The van der Waals surface area contributed by atoms with Crippen molar-refractivity contribution < 1.29 is 9.53 Å². The van der Waals surface area contributed by atoms with Gasteiger partial charge in [0.2, 0.25) is 0 Å². The third kappa shape index (κ3) is 4.36. The number of carbonyl (C=O) groups excluding carboxylic acids is 1. The average Bonchev–Trinajstić information content (AvgIpc) is 2.65. The van der Waals surface area contributed by atoms with E-state index >= 15 is 0 Å². The molecule has 0 saturated carbocycles. The van der Waals surface area contributed by atoms with Crippen LogP contribution >= 0.6 is 0 Å². The zero-order valence-electron chi connectivity index (χ0n) is 15.0. The topological polar surface area (TPSA) is 66.2 Å². The second-order valence-corrected chi connectivity index (χ2v) is 5.74. The fourth-order valence-corrected chi connectivity index (χ4v) is 2.63. The second kappa shape index (κ2) is 8.84. The number of ether oxygens (including phenoxy) is 1. The first-order valence-corrected chi connectivity index (χ1v) is 8.50. The largest absolute Gasteiger partial charge is 0.462 e. The predicted molar refractivity (Wildman–Crippen MR) is 98.5 cm³/mol. The molecule has 0 atom stereocenters.